The predicted octanol–water partition coefficient (Wildman–Crippen LogP) is 3.10. The summed E-state index contributed by atoms with van der Waals surface area (Å²) in [6.45, 7) is 3.73. The first-order chi connectivity index (χ1) is 10.1. The quantitative estimate of drug-likeness (QED) is 0.738. The van der Waals surface area contributed by atoms with E-state index in [1.807, 2.05) is 6.08 Å². The SMILES string of the molecule is C=CC[C@H]1CCC[C@@H]1OC(=O)N[C@H](C(=O)O)C1CCCC1. The fourth-order valence-corrected chi connectivity index (χ4v) is 3.61. The highest BCUT2D eigenvalue weighted by Crippen LogP contribution is 2.31. The first-order valence-electron chi connectivity index (χ1n) is 7.92. The van der Waals surface area contributed by atoms with Crippen molar-refractivity contribution in [2.75, 3.05) is 0 Å². The van der Waals surface area contributed by atoms with E-state index in [2.05, 4.69) is 11.9 Å². The van der Waals surface area contributed by atoms with Crippen molar-refractivity contribution in [3.8, 4) is 0 Å². The van der Waals surface area contributed by atoms with Gasteiger partial charge in [0.05, 0.1) is 0 Å². The number of ether oxygens (including phenoxy) is 1. The molecule has 2 N–H and O–H groups in total. The van der Waals surface area contributed by atoms with E-state index in [1.54, 1.807) is 0 Å². The third-order valence-corrected chi connectivity index (χ3v) is 4.73. The number of nitrogens with one attached hydrogen (secondary N) is 1. The van der Waals surface area contributed by atoms with Crippen LogP contribution in [0, 0.1) is 11.8 Å². The second-order valence-corrected chi connectivity index (χ2v) is 6.16. The van der Waals surface area contributed by atoms with Gasteiger partial charge in [-0.05, 0) is 50.4 Å². The van der Waals surface area contributed by atoms with Crippen LogP contribution in [0.3, 0.4) is 0 Å². The zero-order chi connectivity index (χ0) is 15.2. The van der Waals surface area contributed by atoms with Gasteiger partial charge in [0.15, 0.2) is 0 Å². The van der Waals surface area contributed by atoms with E-state index in [0.29, 0.717) is 5.92 Å². The molecule has 0 aromatic rings. The summed E-state index contributed by atoms with van der Waals surface area (Å²) in [7, 11) is 0. The molecule has 118 valence electrons. The van der Waals surface area contributed by atoms with Gasteiger partial charge >= 0.3 is 12.1 Å². The Labute approximate surface area is 125 Å². The zero-order valence-electron chi connectivity index (χ0n) is 12.4. The maximum atomic E-state index is 12.0. The van der Waals surface area contributed by atoms with Crippen molar-refractivity contribution in [1.82, 2.24) is 5.32 Å². The summed E-state index contributed by atoms with van der Waals surface area (Å²) in [6.07, 6.45) is 8.72. The zero-order valence-corrected chi connectivity index (χ0v) is 12.4. The minimum absolute atomic E-state index is 0.0302. The van der Waals surface area contributed by atoms with Crippen molar-refractivity contribution < 1.29 is 19.4 Å². The molecule has 2 saturated carbocycles. The van der Waals surface area contributed by atoms with Crippen LogP contribution in [0.15, 0.2) is 12.7 Å². The molecule has 2 fully saturated rings. The van der Waals surface area contributed by atoms with E-state index in [0.717, 1.165) is 51.4 Å². The Bertz CT molecular complexity index is 390. The van der Waals surface area contributed by atoms with Gasteiger partial charge < -0.3 is 15.2 Å². The van der Waals surface area contributed by atoms with E-state index in [1.165, 1.54) is 0 Å². The second-order valence-electron chi connectivity index (χ2n) is 6.16. The minimum atomic E-state index is -0.965. The molecule has 0 radical (unpaired) electrons. The maximum Gasteiger partial charge on any atom is 0.408 e. The van der Waals surface area contributed by atoms with Gasteiger partial charge in [0, 0.05) is 0 Å². The summed E-state index contributed by atoms with van der Waals surface area (Å²) in [5.74, 6) is -0.612. The van der Waals surface area contributed by atoms with Crippen LogP contribution in [0.25, 0.3) is 0 Å². The summed E-state index contributed by atoms with van der Waals surface area (Å²) in [5, 5.41) is 11.9. The fraction of sp³-hybridized carbons (Fsp3) is 0.750. The molecule has 0 aromatic heterocycles. The average Bonchev–Trinajstić information content (AvgIpc) is 3.08. The lowest BCUT2D eigenvalue weighted by molar-refractivity contribution is -0.140. The number of rotatable bonds is 6. The molecule has 5 nitrogen and oxygen atoms in total. The van der Waals surface area contributed by atoms with Crippen LogP contribution >= 0.6 is 0 Å². The number of hydrogen-bond acceptors (Lipinski definition) is 3. The van der Waals surface area contributed by atoms with Crippen molar-refractivity contribution in [3.63, 3.8) is 0 Å². The third kappa shape index (κ3) is 4.22. The molecular weight excluding hydrogens is 270 g/mol. The molecule has 2 rings (SSSR count). The molecule has 0 aliphatic heterocycles. The summed E-state index contributed by atoms with van der Waals surface area (Å²) in [4.78, 5) is 23.3. The Balaban J connectivity index is 1.87. The van der Waals surface area contributed by atoms with Gasteiger partial charge in [-0.2, -0.15) is 0 Å². The number of aliphatic carboxylic acids is 1. The molecule has 0 unspecified atom stereocenters. The standard InChI is InChI=1S/C16H25NO4/c1-2-6-11-9-5-10-13(11)21-16(20)17-14(15(18)19)12-7-3-4-8-12/h2,11-14H,1,3-10H2,(H,17,20)(H,18,19)/t11-,13-,14-/m0/s1. The number of amides is 1. The summed E-state index contributed by atoms with van der Waals surface area (Å²) in [5.41, 5.74) is 0. The fourth-order valence-electron chi connectivity index (χ4n) is 3.61. The summed E-state index contributed by atoms with van der Waals surface area (Å²) in [6, 6.07) is -0.820. The van der Waals surface area contributed by atoms with E-state index in [9.17, 15) is 14.7 Å². The Morgan fingerprint density at radius 1 is 1.24 bits per heavy atom. The lowest BCUT2D eigenvalue weighted by Crippen LogP contribution is -2.46. The number of carbonyl (C=O) groups excluding carboxylic acids is 1. The topological polar surface area (TPSA) is 75.6 Å². The number of alkyl carbamates (subject to hydrolysis) is 1. The van der Waals surface area contributed by atoms with E-state index in [-0.39, 0.29) is 12.0 Å². The van der Waals surface area contributed by atoms with Gasteiger partial charge in [-0.25, -0.2) is 9.59 Å². The van der Waals surface area contributed by atoms with Crippen molar-refractivity contribution in [2.24, 2.45) is 11.8 Å². The van der Waals surface area contributed by atoms with Crippen LogP contribution in [0.4, 0.5) is 4.79 Å². The van der Waals surface area contributed by atoms with Gasteiger partial charge in [-0.15, -0.1) is 6.58 Å². The van der Waals surface area contributed by atoms with Crippen LogP contribution in [-0.2, 0) is 9.53 Å². The molecule has 0 saturated heterocycles. The number of carboxylic acids is 1. The number of carbonyl (C=O) groups is 2. The van der Waals surface area contributed by atoms with Crippen LogP contribution in [0.2, 0.25) is 0 Å². The minimum Gasteiger partial charge on any atom is -0.480 e. The maximum absolute atomic E-state index is 12.0. The molecule has 3 atom stereocenters. The van der Waals surface area contributed by atoms with Crippen molar-refractivity contribution in [2.45, 2.75) is 63.5 Å². The van der Waals surface area contributed by atoms with Crippen LogP contribution in [0.5, 0.6) is 0 Å². The monoisotopic (exact) mass is 295 g/mol. The number of hydrogen-bond donors (Lipinski definition) is 2. The molecule has 0 spiro atoms. The van der Waals surface area contributed by atoms with E-state index < -0.39 is 18.1 Å². The van der Waals surface area contributed by atoms with Gasteiger partial charge in [0.2, 0.25) is 0 Å². The van der Waals surface area contributed by atoms with Crippen LogP contribution in [0.1, 0.15) is 51.4 Å². The highest BCUT2D eigenvalue weighted by atomic mass is 16.6. The first kappa shape index (κ1) is 15.9. The van der Waals surface area contributed by atoms with Crippen molar-refractivity contribution in [3.05, 3.63) is 12.7 Å². The lowest BCUT2D eigenvalue weighted by atomic mass is 9.98. The molecular formula is C16H25NO4. The smallest absolute Gasteiger partial charge is 0.408 e. The third-order valence-electron chi connectivity index (χ3n) is 4.73. The molecule has 5 heteroatoms. The number of allylic oxidation sites excluding steroid dienone is 1. The normalized spacial score (nSPS) is 27.2. The summed E-state index contributed by atoms with van der Waals surface area (Å²) >= 11 is 0. The Morgan fingerprint density at radius 3 is 2.57 bits per heavy atom. The van der Waals surface area contributed by atoms with Crippen molar-refractivity contribution in [1.29, 1.82) is 0 Å². The van der Waals surface area contributed by atoms with Gasteiger partial charge in [-0.1, -0.05) is 18.9 Å². The van der Waals surface area contributed by atoms with Crippen molar-refractivity contribution >= 4 is 12.1 Å². The largest absolute Gasteiger partial charge is 0.480 e. The Hall–Kier alpha value is -1.52. The Kier molecular flexibility index (Phi) is 5.65. The highest BCUT2D eigenvalue weighted by molar-refractivity contribution is 5.80. The molecule has 2 aliphatic carbocycles. The number of carboxylic acid groups (broad SMARTS) is 1. The van der Waals surface area contributed by atoms with Gasteiger partial charge in [0.25, 0.3) is 0 Å². The predicted molar refractivity (Wildman–Crippen MR) is 78.9 cm³/mol. The molecule has 0 bridgehead atoms. The average molecular weight is 295 g/mol. The Morgan fingerprint density at radius 2 is 1.95 bits per heavy atom. The molecule has 1 amide bonds. The molecule has 21 heavy (non-hydrogen) atoms. The molecule has 2 aliphatic rings. The van der Waals surface area contributed by atoms with E-state index >= 15 is 0 Å². The molecule has 0 aromatic carbocycles. The van der Waals surface area contributed by atoms with E-state index in [4.69, 9.17) is 4.74 Å². The van der Waals surface area contributed by atoms with Gasteiger partial charge in [0.1, 0.15) is 12.1 Å². The van der Waals surface area contributed by atoms with Gasteiger partial charge in [-0.3, -0.25) is 0 Å². The molecule has 0 heterocycles. The van der Waals surface area contributed by atoms with Crippen LogP contribution in [-0.4, -0.2) is 29.3 Å². The first-order valence-corrected chi connectivity index (χ1v) is 7.92. The summed E-state index contributed by atoms with van der Waals surface area (Å²) < 4.78 is 5.46. The highest BCUT2D eigenvalue weighted by Gasteiger charge is 2.34. The lowest BCUT2D eigenvalue weighted by Gasteiger charge is -2.23. The van der Waals surface area contributed by atoms with Crippen LogP contribution < -0.4 is 5.32 Å². The second kappa shape index (κ2) is 7.48.